The Labute approximate surface area is 136 Å². The molecule has 2 aromatic rings. The topological polar surface area (TPSA) is 42.2 Å². The number of thiazole rings is 1. The summed E-state index contributed by atoms with van der Waals surface area (Å²) in [5, 5.41) is 3.30. The largest absolute Gasteiger partial charge is 0.327 e. The molecule has 0 radical (unpaired) electrons. The molecule has 0 spiro atoms. The number of aromatic nitrogens is 1. The molecule has 1 aromatic carbocycles. The van der Waals surface area contributed by atoms with Gasteiger partial charge in [-0.1, -0.05) is 37.3 Å². The average Bonchev–Trinajstić information content (AvgIpc) is 2.92. The van der Waals surface area contributed by atoms with E-state index in [1.165, 1.54) is 11.3 Å². The Balaban J connectivity index is 0.00000161. The Morgan fingerprint density at radius 2 is 2.10 bits per heavy atom. The molecular weight excluding hydrogens is 302 g/mol. The van der Waals surface area contributed by atoms with Gasteiger partial charge in [-0.3, -0.25) is 4.90 Å². The van der Waals surface area contributed by atoms with Gasteiger partial charge in [0.05, 0.1) is 5.69 Å². The van der Waals surface area contributed by atoms with E-state index < -0.39 is 0 Å². The third kappa shape index (κ3) is 4.04. The summed E-state index contributed by atoms with van der Waals surface area (Å²) in [4.78, 5) is 7.23. The number of nitrogens with two attached hydrogens (primary N) is 1. The number of likely N-dealkylation sites (tertiary alicyclic amines) is 1. The first-order valence-corrected chi connectivity index (χ1v) is 8.08. The summed E-state index contributed by atoms with van der Waals surface area (Å²) in [6.07, 6.45) is 1.09. The molecule has 1 fully saturated rings. The molecule has 1 aliphatic heterocycles. The van der Waals surface area contributed by atoms with Crippen molar-refractivity contribution in [3.63, 3.8) is 0 Å². The second kappa shape index (κ2) is 7.36. The fourth-order valence-corrected chi connectivity index (χ4v) is 3.53. The van der Waals surface area contributed by atoms with Gasteiger partial charge in [0.15, 0.2) is 0 Å². The predicted molar refractivity (Wildman–Crippen MR) is 91.8 cm³/mol. The Bertz CT molecular complexity index is 558. The van der Waals surface area contributed by atoms with Gasteiger partial charge < -0.3 is 5.73 Å². The van der Waals surface area contributed by atoms with E-state index in [4.69, 9.17) is 10.7 Å². The highest BCUT2D eigenvalue weighted by Gasteiger charge is 2.23. The summed E-state index contributed by atoms with van der Waals surface area (Å²) >= 11 is 1.73. The van der Waals surface area contributed by atoms with E-state index >= 15 is 0 Å². The number of nitrogens with zero attached hydrogens (tertiary/aromatic N) is 2. The molecule has 0 amide bonds. The molecular formula is C16H22ClN3S. The van der Waals surface area contributed by atoms with Gasteiger partial charge in [-0.05, 0) is 12.3 Å². The minimum absolute atomic E-state index is 0. The maximum Gasteiger partial charge on any atom is 0.123 e. The quantitative estimate of drug-likeness (QED) is 0.941. The van der Waals surface area contributed by atoms with Crippen molar-refractivity contribution in [1.29, 1.82) is 0 Å². The Morgan fingerprint density at radius 3 is 2.81 bits per heavy atom. The summed E-state index contributed by atoms with van der Waals surface area (Å²) in [5.74, 6) is 0.580. The Morgan fingerprint density at radius 1 is 1.33 bits per heavy atom. The van der Waals surface area contributed by atoms with E-state index in [0.717, 1.165) is 31.1 Å². The Hall–Kier alpha value is -0.940. The van der Waals surface area contributed by atoms with Gasteiger partial charge in [0, 0.05) is 36.6 Å². The summed E-state index contributed by atoms with van der Waals surface area (Å²) < 4.78 is 0. The van der Waals surface area contributed by atoms with Crippen LogP contribution in [0.4, 0.5) is 0 Å². The highest BCUT2D eigenvalue weighted by atomic mass is 35.5. The first-order chi connectivity index (χ1) is 9.72. The van der Waals surface area contributed by atoms with Gasteiger partial charge in [-0.15, -0.1) is 23.7 Å². The summed E-state index contributed by atoms with van der Waals surface area (Å²) in [6, 6.07) is 10.8. The molecule has 1 saturated heterocycles. The second-order valence-electron chi connectivity index (χ2n) is 5.67. The van der Waals surface area contributed by atoms with E-state index in [1.54, 1.807) is 11.3 Å². The Kier molecular flexibility index (Phi) is 5.76. The molecule has 1 aliphatic rings. The van der Waals surface area contributed by atoms with Crippen molar-refractivity contribution < 1.29 is 0 Å². The van der Waals surface area contributed by atoms with Gasteiger partial charge in [-0.2, -0.15) is 0 Å². The van der Waals surface area contributed by atoms with E-state index in [-0.39, 0.29) is 12.4 Å². The van der Waals surface area contributed by atoms with Crippen LogP contribution in [0.15, 0.2) is 35.7 Å². The number of piperidine rings is 1. The maximum atomic E-state index is 6.07. The van der Waals surface area contributed by atoms with Crippen LogP contribution < -0.4 is 5.73 Å². The van der Waals surface area contributed by atoms with E-state index in [2.05, 4.69) is 41.5 Å². The fourth-order valence-electron chi connectivity index (χ4n) is 2.72. The van der Waals surface area contributed by atoms with Gasteiger partial charge in [0.1, 0.15) is 5.01 Å². The van der Waals surface area contributed by atoms with Crippen molar-refractivity contribution >= 4 is 23.7 Å². The molecule has 2 atom stereocenters. The van der Waals surface area contributed by atoms with E-state index in [0.29, 0.717) is 12.0 Å². The summed E-state index contributed by atoms with van der Waals surface area (Å²) in [7, 11) is 0. The monoisotopic (exact) mass is 323 g/mol. The fraction of sp³-hybridized carbons (Fsp3) is 0.438. The van der Waals surface area contributed by atoms with Crippen LogP contribution in [-0.4, -0.2) is 29.0 Å². The van der Waals surface area contributed by atoms with Crippen LogP contribution in [0.2, 0.25) is 0 Å². The summed E-state index contributed by atoms with van der Waals surface area (Å²) in [6.45, 7) is 5.36. The van der Waals surface area contributed by atoms with Gasteiger partial charge in [0.25, 0.3) is 0 Å². The lowest BCUT2D eigenvalue weighted by Gasteiger charge is -2.34. The van der Waals surface area contributed by atoms with Gasteiger partial charge in [-0.25, -0.2) is 4.98 Å². The SMILES string of the molecule is CC1CN(Cc2csc(-c3ccccc3)n2)CCC1N.Cl. The van der Waals surface area contributed by atoms with Crippen molar-refractivity contribution in [1.82, 2.24) is 9.88 Å². The van der Waals surface area contributed by atoms with Crippen molar-refractivity contribution in [2.45, 2.75) is 25.9 Å². The van der Waals surface area contributed by atoms with E-state index in [1.807, 2.05) is 6.07 Å². The third-order valence-electron chi connectivity index (χ3n) is 4.01. The zero-order valence-corrected chi connectivity index (χ0v) is 13.9. The first-order valence-electron chi connectivity index (χ1n) is 7.20. The zero-order chi connectivity index (χ0) is 13.9. The average molecular weight is 324 g/mol. The third-order valence-corrected chi connectivity index (χ3v) is 4.95. The standard InChI is InChI=1S/C16H21N3S.ClH/c1-12-9-19(8-7-15(12)17)10-14-11-20-16(18-14)13-5-3-2-4-6-13;/h2-6,11-12,15H,7-10,17H2,1H3;1H. The second-order valence-corrected chi connectivity index (χ2v) is 6.53. The molecule has 2 N–H and O–H groups in total. The smallest absolute Gasteiger partial charge is 0.123 e. The lowest BCUT2D eigenvalue weighted by atomic mass is 9.95. The molecule has 3 nitrogen and oxygen atoms in total. The number of halogens is 1. The number of hydrogen-bond donors (Lipinski definition) is 1. The molecule has 1 aromatic heterocycles. The lowest BCUT2D eigenvalue weighted by molar-refractivity contribution is 0.156. The molecule has 5 heteroatoms. The van der Waals surface area contributed by atoms with Crippen LogP contribution >= 0.6 is 23.7 Å². The van der Waals surface area contributed by atoms with Crippen LogP contribution in [0.5, 0.6) is 0 Å². The number of benzene rings is 1. The number of hydrogen-bond acceptors (Lipinski definition) is 4. The minimum Gasteiger partial charge on any atom is -0.327 e. The molecule has 0 bridgehead atoms. The zero-order valence-electron chi connectivity index (χ0n) is 12.2. The van der Waals surface area contributed by atoms with Crippen LogP contribution in [0.25, 0.3) is 10.6 Å². The molecule has 0 saturated carbocycles. The molecule has 2 unspecified atom stereocenters. The van der Waals surface area contributed by atoms with Crippen molar-refractivity contribution in [2.24, 2.45) is 11.7 Å². The highest BCUT2D eigenvalue weighted by Crippen LogP contribution is 2.25. The van der Waals surface area contributed by atoms with Crippen molar-refractivity contribution in [3.8, 4) is 10.6 Å². The lowest BCUT2D eigenvalue weighted by Crippen LogP contribution is -2.45. The molecule has 0 aliphatic carbocycles. The van der Waals surface area contributed by atoms with Crippen molar-refractivity contribution in [2.75, 3.05) is 13.1 Å². The maximum absolute atomic E-state index is 6.07. The molecule has 2 heterocycles. The minimum atomic E-state index is 0. The van der Waals surface area contributed by atoms with Crippen LogP contribution in [0.1, 0.15) is 19.0 Å². The highest BCUT2D eigenvalue weighted by molar-refractivity contribution is 7.13. The molecule has 3 rings (SSSR count). The van der Waals surface area contributed by atoms with Crippen LogP contribution in [0.3, 0.4) is 0 Å². The first kappa shape index (κ1) is 16.4. The molecule has 21 heavy (non-hydrogen) atoms. The van der Waals surface area contributed by atoms with Crippen molar-refractivity contribution in [3.05, 3.63) is 41.4 Å². The van der Waals surface area contributed by atoms with Gasteiger partial charge >= 0.3 is 0 Å². The molecule has 114 valence electrons. The van der Waals surface area contributed by atoms with E-state index in [9.17, 15) is 0 Å². The summed E-state index contributed by atoms with van der Waals surface area (Å²) in [5.41, 5.74) is 8.46. The normalized spacial score (nSPS) is 22.8. The predicted octanol–water partition coefficient (Wildman–Crippen LogP) is 3.40. The van der Waals surface area contributed by atoms with Crippen LogP contribution in [-0.2, 0) is 6.54 Å². The van der Waals surface area contributed by atoms with Crippen LogP contribution in [0, 0.1) is 5.92 Å². The number of rotatable bonds is 3. The van der Waals surface area contributed by atoms with Gasteiger partial charge in [0.2, 0.25) is 0 Å².